The lowest BCUT2D eigenvalue weighted by molar-refractivity contribution is -0.870. The maximum atomic E-state index is 12.9. The third kappa shape index (κ3) is 74.7. The third-order valence-electron chi connectivity index (χ3n) is 15.6. The summed E-state index contributed by atoms with van der Waals surface area (Å²) in [7, 11) is 1.47. The number of ether oxygens (including phenoxy) is 2. The summed E-state index contributed by atoms with van der Waals surface area (Å²) >= 11 is 0. The van der Waals surface area contributed by atoms with Gasteiger partial charge in [-0.1, -0.05) is 320 Å². The van der Waals surface area contributed by atoms with Crippen molar-refractivity contribution in [3.63, 3.8) is 0 Å². The van der Waals surface area contributed by atoms with E-state index in [2.05, 4.69) is 172 Å². The first kappa shape index (κ1) is 87.6. The molecule has 0 aliphatic rings. The highest BCUT2D eigenvalue weighted by atomic mass is 31.2. The fourth-order valence-electron chi connectivity index (χ4n) is 9.94. The summed E-state index contributed by atoms with van der Waals surface area (Å²) in [6.45, 7) is 4.21. The zero-order valence-corrected chi connectivity index (χ0v) is 60.6. The molecule has 0 heterocycles. The molecule has 0 saturated carbocycles. The van der Waals surface area contributed by atoms with Gasteiger partial charge in [-0.15, -0.1) is 0 Å². The maximum absolute atomic E-state index is 12.9. The average Bonchev–Trinajstić information content (AvgIpc) is 2.23. The van der Waals surface area contributed by atoms with Gasteiger partial charge in [-0.3, -0.25) is 18.6 Å². The highest BCUT2D eigenvalue weighted by Gasteiger charge is 2.27. The maximum Gasteiger partial charge on any atom is 0.472 e. The second-order valence-corrected chi connectivity index (χ2v) is 27.0. The molecule has 2 unspecified atom stereocenters. The third-order valence-corrected chi connectivity index (χ3v) is 16.5. The van der Waals surface area contributed by atoms with Crippen molar-refractivity contribution in [3.05, 3.63) is 158 Å². The summed E-state index contributed by atoms with van der Waals surface area (Å²) in [5, 5.41) is 0. The Balaban J connectivity index is 4.05. The van der Waals surface area contributed by atoms with Crippen LogP contribution in [0.25, 0.3) is 0 Å². The Morgan fingerprint density at radius 2 is 0.587 bits per heavy atom. The topological polar surface area (TPSA) is 108 Å². The zero-order chi connectivity index (χ0) is 66.9. The number of likely N-dealkylation sites (N-methyl/N-ethyl adjacent to an activating group) is 1. The first-order chi connectivity index (χ1) is 45.0. The SMILES string of the molecule is CC/C=C\C/C=C\C/C=C\C/C=C\C/C=C\C/C=C\C/C=C\CCCCCCCCCCCCCC(=O)OC(COC(=O)CCCCCCCCCCCCCCCCCC/C=C\C/C=C\C/C=C\C/C=C\C/C=C\C/C=C\CC)COP(=O)(O)OCC[N+](C)(C)C. The van der Waals surface area contributed by atoms with Crippen LogP contribution in [0.1, 0.15) is 296 Å². The van der Waals surface area contributed by atoms with Gasteiger partial charge >= 0.3 is 19.8 Å². The van der Waals surface area contributed by atoms with Crippen molar-refractivity contribution >= 4 is 19.8 Å². The van der Waals surface area contributed by atoms with Crippen LogP contribution in [0.5, 0.6) is 0 Å². The Bertz CT molecular complexity index is 2110. The van der Waals surface area contributed by atoms with E-state index in [-0.39, 0.29) is 32.0 Å². The number of carbonyl (C=O) groups excluding carboxylic acids is 2. The van der Waals surface area contributed by atoms with Crippen molar-refractivity contribution in [2.24, 2.45) is 0 Å². The van der Waals surface area contributed by atoms with Gasteiger partial charge in [0.15, 0.2) is 6.10 Å². The fraction of sp³-hybridized carbons (Fsp3) is 0.659. The van der Waals surface area contributed by atoms with E-state index in [9.17, 15) is 19.0 Å². The molecule has 10 heteroatoms. The van der Waals surface area contributed by atoms with Crippen LogP contribution in [0, 0.1) is 0 Å². The number of unbranched alkanes of at least 4 members (excludes halogenated alkanes) is 27. The number of rotatable bonds is 67. The molecule has 0 aromatic heterocycles. The van der Waals surface area contributed by atoms with Crippen LogP contribution in [-0.2, 0) is 32.7 Å². The second kappa shape index (κ2) is 70.9. The fourth-order valence-corrected chi connectivity index (χ4v) is 10.7. The monoisotopic (exact) mass is 1300 g/mol. The Morgan fingerprint density at radius 3 is 0.870 bits per heavy atom. The van der Waals surface area contributed by atoms with Gasteiger partial charge in [-0.05, 0) is 122 Å². The van der Waals surface area contributed by atoms with Crippen LogP contribution in [-0.4, -0.2) is 74.9 Å². The largest absolute Gasteiger partial charge is 0.472 e. The summed E-state index contributed by atoms with van der Waals surface area (Å²) in [5.74, 6) is -0.801. The number of carbonyl (C=O) groups is 2. The van der Waals surface area contributed by atoms with Gasteiger partial charge in [0.2, 0.25) is 0 Å². The minimum Gasteiger partial charge on any atom is -0.462 e. The van der Waals surface area contributed by atoms with Crippen LogP contribution in [0.4, 0.5) is 0 Å². The van der Waals surface area contributed by atoms with E-state index in [1.54, 1.807) is 0 Å². The summed E-state index contributed by atoms with van der Waals surface area (Å²) in [5.41, 5.74) is 0. The summed E-state index contributed by atoms with van der Waals surface area (Å²) in [6.07, 6.45) is 106. The smallest absolute Gasteiger partial charge is 0.462 e. The molecule has 0 bridgehead atoms. The highest BCUT2D eigenvalue weighted by molar-refractivity contribution is 7.47. The van der Waals surface area contributed by atoms with E-state index in [4.69, 9.17) is 18.5 Å². The molecule has 0 aromatic carbocycles. The molecule has 0 aliphatic heterocycles. The number of hydrogen-bond donors (Lipinski definition) is 1. The van der Waals surface area contributed by atoms with Gasteiger partial charge in [0.25, 0.3) is 0 Å². The van der Waals surface area contributed by atoms with E-state index in [1.807, 2.05) is 21.1 Å². The number of hydrogen-bond acceptors (Lipinski definition) is 7. The molecule has 0 aliphatic carbocycles. The Morgan fingerprint density at radius 1 is 0.337 bits per heavy atom. The Labute approximate surface area is 566 Å². The lowest BCUT2D eigenvalue weighted by atomic mass is 10.0. The van der Waals surface area contributed by atoms with Gasteiger partial charge in [-0.2, -0.15) is 0 Å². The van der Waals surface area contributed by atoms with Gasteiger partial charge in [0.1, 0.15) is 19.8 Å². The molecule has 0 spiro atoms. The quantitative estimate of drug-likeness (QED) is 0.0211. The first-order valence-electron chi connectivity index (χ1n) is 37.2. The van der Waals surface area contributed by atoms with E-state index >= 15 is 0 Å². The molecule has 0 aromatic rings. The van der Waals surface area contributed by atoms with Gasteiger partial charge in [-0.25, -0.2) is 4.57 Å². The Kier molecular flexibility index (Phi) is 67.6. The number of esters is 2. The predicted molar refractivity (Wildman–Crippen MR) is 399 cm³/mol. The van der Waals surface area contributed by atoms with Crippen molar-refractivity contribution in [1.82, 2.24) is 0 Å². The second-order valence-electron chi connectivity index (χ2n) is 25.6. The predicted octanol–water partition coefficient (Wildman–Crippen LogP) is 24.7. The molecular formula is C82H139NO8P+. The van der Waals surface area contributed by atoms with Crippen molar-refractivity contribution < 1.29 is 42.1 Å². The first-order valence-corrected chi connectivity index (χ1v) is 38.7. The lowest BCUT2D eigenvalue weighted by Gasteiger charge is -2.24. The molecule has 0 amide bonds. The molecule has 0 radical (unpaired) electrons. The average molecular weight is 1300 g/mol. The van der Waals surface area contributed by atoms with Crippen LogP contribution < -0.4 is 0 Å². The molecule has 524 valence electrons. The van der Waals surface area contributed by atoms with Gasteiger partial charge in [0, 0.05) is 12.8 Å². The molecular weight excluding hydrogens is 1160 g/mol. The molecule has 0 fully saturated rings. The van der Waals surface area contributed by atoms with Crippen molar-refractivity contribution in [2.45, 2.75) is 302 Å². The van der Waals surface area contributed by atoms with Gasteiger partial charge in [0.05, 0.1) is 27.7 Å². The highest BCUT2D eigenvalue weighted by Crippen LogP contribution is 2.43. The van der Waals surface area contributed by atoms with E-state index in [1.165, 1.54) is 135 Å². The Hall–Kier alpha value is -4.37. The number of nitrogens with zero attached hydrogens (tertiary/aromatic N) is 1. The summed E-state index contributed by atoms with van der Waals surface area (Å²) < 4.78 is 34.8. The number of quaternary nitrogens is 1. The molecule has 9 nitrogen and oxygen atoms in total. The standard InChI is InChI=1S/C82H138NO8P/c1-6-8-10-12-14-16-18-20-22-24-26-28-30-32-34-36-38-40-41-43-44-46-48-50-52-54-56-58-60-62-64-66-68-70-72-74-81(84)88-78-80(79-90-92(86,87)89-77-76-83(3,4)5)91-82(85)75-73-71-69-67-65-63-61-59-57-55-53-51-49-47-45-42-39-37-35-33-31-29-27-25-23-21-19-17-15-13-11-9-7-2/h8-11,14-17,20-23,26-29,32-35,38-40,42,47,49,80H,6-7,12-13,18-19,24-25,30-31,36-37,41,43-46,48,50-79H2,1-5H3/p+1/b10-8-,11-9-,16-14-,17-15-,22-20-,23-21-,28-26-,29-27-,34-32-,35-33-,40-38-,42-39-,49-47-. The van der Waals surface area contributed by atoms with Crippen molar-refractivity contribution in [2.75, 3.05) is 47.5 Å². The summed E-state index contributed by atoms with van der Waals surface area (Å²) in [4.78, 5) is 35.9. The van der Waals surface area contributed by atoms with E-state index in [0.29, 0.717) is 17.4 Å². The minimum atomic E-state index is -4.40. The number of phosphoric ester groups is 1. The summed E-state index contributed by atoms with van der Waals surface area (Å²) in [6, 6.07) is 0. The van der Waals surface area contributed by atoms with E-state index < -0.39 is 26.5 Å². The molecule has 92 heavy (non-hydrogen) atoms. The minimum absolute atomic E-state index is 0.0251. The zero-order valence-electron chi connectivity index (χ0n) is 59.7. The lowest BCUT2D eigenvalue weighted by Crippen LogP contribution is -2.37. The van der Waals surface area contributed by atoms with Crippen LogP contribution in [0.3, 0.4) is 0 Å². The molecule has 1 N–H and O–H groups in total. The van der Waals surface area contributed by atoms with Crippen LogP contribution in [0.2, 0.25) is 0 Å². The van der Waals surface area contributed by atoms with Crippen LogP contribution >= 0.6 is 7.82 Å². The number of allylic oxidation sites excluding steroid dienone is 26. The van der Waals surface area contributed by atoms with E-state index in [0.717, 1.165) is 128 Å². The normalized spacial score (nSPS) is 14.0. The van der Waals surface area contributed by atoms with Gasteiger partial charge < -0.3 is 18.9 Å². The van der Waals surface area contributed by atoms with Crippen molar-refractivity contribution in [3.8, 4) is 0 Å². The molecule has 0 saturated heterocycles. The molecule has 2 atom stereocenters. The van der Waals surface area contributed by atoms with Crippen molar-refractivity contribution in [1.29, 1.82) is 0 Å². The molecule has 0 rings (SSSR count). The number of phosphoric acid groups is 1. The van der Waals surface area contributed by atoms with Crippen LogP contribution in [0.15, 0.2) is 158 Å².